The average Bonchev–Trinajstić information content (AvgIpc) is 2.43. The molecule has 2 amide bonds. The molecule has 0 heterocycles. The van der Waals surface area contributed by atoms with E-state index in [9.17, 15) is 9.18 Å². The van der Waals surface area contributed by atoms with Gasteiger partial charge in [0, 0.05) is 6.20 Å². The van der Waals surface area contributed by atoms with Crippen molar-refractivity contribution in [2.75, 3.05) is 5.32 Å². The Hall–Kier alpha value is -2.04. The summed E-state index contributed by atoms with van der Waals surface area (Å²) in [5.74, 6) is -0.343. The summed E-state index contributed by atoms with van der Waals surface area (Å²) in [4.78, 5) is 11.7. The number of benzene rings is 2. The molecule has 6 heteroatoms. The minimum atomic E-state index is -0.502. The highest BCUT2D eigenvalue weighted by atomic mass is 35.5. The minimum Gasteiger partial charge on any atom is -0.314 e. The summed E-state index contributed by atoms with van der Waals surface area (Å²) in [5, 5.41) is 5.70. The van der Waals surface area contributed by atoms with E-state index in [1.54, 1.807) is 36.4 Å². The number of rotatable bonds is 3. The summed E-state index contributed by atoms with van der Waals surface area (Å²) in [6.07, 6.45) is 2.96. The molecule has 3 nitrogen and oxygen atoms in total. The largest absolute Gasteiger partial charge is 0.323 e. The van der Waals surface area contributed by atoms with Crippen LogP contribution in [0.2, 0.25) is 10.0 Å². The molecular weight excluding hydrogens is 314 g/mol. The maximum absolute atomic E-state index is 13.0. The Morgan fingerprint density at radius 2 is 1.76 bits per heavy atom. The van der Waals surface area contributed by atoms with Crippen LogP contribution in [0.1, 0.15) is 5.56 Å². The number of nitrogens with one attached hydrogen (secondary N) is 2. The molecule has 2 aromatic rings. The smallest absolute Gasteiger partial charge is 0.314 e. The van der Waals surface area contributed by atoms with Crippen molar-refractivity contribution in [1.29, 1.82) is 0 Å². The van der Waals surface area contributed by atoms with E-state index in [1.807, 2.05) is 0 Å². The molecule has 0 aliphatic rings. The van der Waals surface area contributed by atoms with Crippen LogP contribution in [0.5, 0.6) is 0 Å². The molecule has 0 unspecified atom stereocenters. The van der Waals surface area contributed by atoms with Gasteiger partial charge < -0.3 is 10.6 Å². The molecule has 0 atom stereocenters. The SMILES string of the molecule is O=C(N/C=C/c1cccc(F)c1)Nc1c(Cl)cccc1Cl. The normalized spacial score (nSPS) is 10.6. The third-order valence-corrected chi connectivity index (χ3v) is 3.17. The third kappa shape index (κ3) is 4.48. The second-order valence-electron chi connectivity index (χ2n) is 4.08. The van der Waals surface area contributed by atoms with E-state index in [-0.39, 0.29) is 5.82 Å². The number of anilines is 1. The number of para-hydroxylation sites is 1. The van der Waals surface area contributed by atoms with Crippen LogP contribution in [0.3, 0.4) is 0 Å². The lowest BCUT2D eigenvalue weighted by Crippen LogP contribution is -2.24. The molecule has 0 saturated carbocycles. The first-order valence-corrected chi connectivity index (χ1v) is 6.75. The van der Waals surface area contributed by atoms with E-state index in [0.717, 1.165) is 0 Å². The maximum Gasteiger partial charge on any atom is 0.323 e. The van der Waals surface area contributed by atoms with Crippen molar-refractivity contribution in [2.24, 2.45) is 0 Å². The van der Waals surface area contributed by atoms with Gasteiger partial charge in [0.2, 0.25) is 0 Å². The first-order chi connectivity index (χ1) is 10.1. The van der Waals surface area contributed by atoms with Crippen molar-refractivity contribution < 1.29 is 9.18 Å². The van der Waals surface area contributed by atoms with E-state index in [2.05, 4.69) is 10.6 Å². The van der Waals surface area contributed by atoms with Crippen LogP contribution in [0.25, 0.3) is 6.08 Å². The van der Waals surface area contributed by atoms with Crippen molar-refractivity contribution >= 4 is 41.0 Å². The van der Waals surface area contributed by atoms with Crippen molar-refractivity contribution in [1.82, 2.24) is 5.32 Å². The third-order valence-electron chi connectivity index (χ3n) is 2.54. The van der Waals surface area contributed by atoms with Crippen LogP contribution in [0.15, 0.2) is 48.7 Å². The molecule has 2 N–H and O–H groups in total. The maximum atomic E-state index is 13.0. The Labute approximate surface area is 131 Å². The molecule has 0 aliphatic heterocycles. The Bertz CT molecular complexity index is 669. The zero-order chi connectivity index (χ0) is 15.2. The molecule has 0 spiro atoms. The highest BCUT2D eigenvalue weighted by Crippen LogP contribution is 2.29. The van der Waals surface area contributed by atoms with Gasteiger partial charge >= 0.3 is 6.03 Å². The van der Waals surface area contributed by atoms with Crippen molar-refractivity contribution in [2.45, 2.75) is 0 Å². The quantitative estimate of drug-likeness (QED) is 0.826. The molecule has 2 aromatic carbocycles. The number of hydrogen-bond donors (Lipinski definition) is 2. The van der Waals surface area contributed by atoms with Gasteiger partial charge in [-0.1, -0.05) is 41.4 Å². The molecule has 21 heavy (non-hydrogen) atoms. The molecule has 0 aromatic heterocycles. The van der Waals surface area contributed by atoms with E-state index in [0.29, 0.717) is 21.3 Å². The molecule has 0 fully saturated rings. The molecule has 108 valence electrons. The fourth-order valence-electron chi connectivity index (χ4n) is 1.59. The summed E-state index contributed by atoms with van der Waals surface area (Å²) in [5.41, 5.74) is 0.962. The highest BCUT2D eigenvalue weighted by Gasteiger charge is 2.07. The van der Waals surface area contributed by atoms with E-state index < -0.39 is 6.03 Å². The first kappa shape index (κ1) is 15.4. The van der Waals surface area contributed by atoms with Gasteiger partial charge in [-0.2, -0.15) is 0 Å². The summed E-state index contributed by atoms with van der Waals surface area (Å²) in [6.45, 7) is 0. The van der Waals surface area contributed by atoms with Gasteiger partial charge in [0.05, 0.1) is 15.7 Å². The van der Waals surface area contributed by atoms with Gasteiger partial charge in [-0.15, -0.1) is 0 Å². The van der Waals surface area contributed by atoms with Gasteiger partial charge in [0.25, 0.3) is 0 Å². The second kappa shape index (κ2) is 7.11. The molecular formula is C15H11Cl2FN2O. The monoisotopic (exact) mass is 324 g/mol. The van der Waals surface area contributed by atoms with Crippen molar-refractivity contribution in [3.63, 3.8) is 0 Å². The lowest BCUT2D eigenvalue weighted by atomic mass is 10.2. The van der Waals surface area contributed by atoms with E-state index in [4.69, 9.17) is 23.2 Å². The van der Waals surface area contributed by atoms with Crippen LogP contribution in [0, 0.1) is 5.82 Å². The van der Waals surface area contributed by atoms with Gasteiger partial charge in [0.1, 0.15) is 5.82 Å². The molecule has 2 rings (SSSR count). The molecule has 0 saturated heterocycles. The average molecular weight is 325 g/mol. The topological polar surface area (TPSA) is 41.1 Å². The van der Waals surface area contributed by atoms with Crippen LogP contribution >= 0.6 is 23.2 Å². The van der Waals surface area contributed by atoms with Gasteiger partial charge in [-0.05, 0) is 35.9 Å². The molecule has 0 bridgehead atoms. The van der Waals surface area contributed by atoms with Gasteiger partial charge in [0.15, 0.2) is 0 Å². The predicted octanol–water partition coefficient (Wildman–Crippen LogP) is 4.92. The van der Waals surface area contributed by atoms with Crippen molar-refractivity contribution in [3.05, 3.63) is 70.1 Å². The number of carbonyl (C=O) groups excluding carboxylic acids is 1. The minimum absolute atomic E-state index is 0.331. The molecule has 0 aliphatic carbocycles. The zero-order valence-corrected chi connectivity index (χ0v) is 12.3. The zero-order valence-electron chi connectivity index (χ0n) is 10.7. The number of urea groups is 1. The standard InChI is InChI=1S/C15H11Cl2FN2O/c16-12-5-2-6-13(17)14(12)20-15(21)19-8-7-10-3-1-4-11(18)9-10/h1-9H,(H2,19,20,21)/b8-7+. The fraction of sp³-hybridized carbons (Fsp3) is 0. The van der Waals surface area contributed by atoms with Crippen molar-refractivity contribution in [3.8, 4) is 0 Å². The lowest BCUT2D eigenvalue weighted by Gasteiger charge is -2.08. The number of amides is 2. The van der Waals surface area contributed by atoms with Crippen LogP contribution in [0.4, 0.5) is 14.9 Å². The number of hydrogen-bond acceptors (Lipinski definition) is 1. The summed E-state index contributed by atoms with van der Waals surface area (Å²) < 4.78 is 13.0. The van der Waals surface area contributed by atoms with Crippen LogP contribution in [-0.2, 0) is 0 Å². The first-order valence-electron chi connectivity index (χ1n) is 6.00. The fourth-order valence-corrected chi connectivity index (χ4v) is 2.08. The Balaban J connectivity index is 1.96. The van der Waals surface area contributed by atoms with Gasteiger partial charge in [-0.25, -0.2) is 9.18 Å². The summed E-state index contributed by atoms with van der Waals surface area (Å²) >= 11 is 11.9. The summed E-state index contributed by atoms with van der Waals surface area (Å²) in [7, 11) is 0. The van der Waals surface area contributed by atoms with E-state index in [1.165, 1.54) is 18.3 Å². The summed E-state index contributed by atoms with van der Waals surface area (Å²) in [6, 6.07) is 10.4. The lowest BCUT2D eigenvalue weighted by molar-refractivity contribution is 0.255. The Kier molecular flexibility index (Phi) is 5.20. The molecule has 0 radical (unpaired) electrons. The number of halogens is 3. The Morgan fingerprint density at radius 1 is 1.10 bits per heavy atom. The van der Waals surface area contributed by atoms with E-state index >= 15 is 0 Å². The number of carbonyl (C=O) groups is 1. The van der Waals surface area contributed by atoms with Gasteiger partial charge in [-0.3, -0.25) is 0 Å². The highest BCUT2D eigenvalue weighted by molar-refractivity contribution is 6.39. The predicted molar refractivity (Wildman–Crippen MR) is 84.1 cm³/mol. The van der Waals surface area contributed by atoms with Crippen LogP contribution < -0.4 is 10.6 Å². The Morgan fingerprint density at radius 3 is 2.43 bits per heavy atom. The van der Waals surface area contributed by atoms with Crippen LogP contribution in [-0.4, -0.2) is 6.03 Å². The second-order valence-corrected chi connectivity index (χ2v) is 4.90.